The van der Waals surface area contributed by atoms with Crippen LogP contribution < -0.4 is 18.5 Å². The van der Waals surface area contributed by atoms with Crippen LogP contribution >= 0.6 is 0 Å². The molecule has 0 spiro atoms. The summed E-state index contributed by atoms with van der Waals surface area (Å²) in [7, 11) is 4.69. The molecule has 38 heavy (non-hydrogen) atoms. The van der Waals surface area contributed by atoms with E-state index in [2.05, 4.69) is 9.88 Å². The summed E-state index contributed by atoms with van der Waals surface area (Å²) in [5, 5.41) is 11.5. The van der Waals surface area contributed by atoms with Crippen molar-refractivity contribution in [2.24, 2.45) is 0 Å². The molecule has 1 fully saturated rings. The van der Waals surface area contributed by atoms with Crippen LogP contribution in [0.2, 0.25) is 0 Å². The first-order valence-electron chi connectivity index (χ1n) is 12.0. The molecule has 1 aliphatic heterocycles. The van der Waals surface area contributed by atoms with Gasteiger partial charge in [0.2, 0.25) is 5.75 Å². The maximum Gasteiger partial charge on any atom is 0.293 e. The molecule has 202 valence electrons. The van der Waals surface area contributed by atoms with E-state index in [0.717, 1.165) is 16.8 Å². The number of likely N-dealkylation sites (tertiary alicyclic amines) is 1. The van der Waals surface area contributed by atoms with Gasteiger partial charge in [0, 0.05) is 43.5 Å². The van der Waals surface area contributed by atoms with Crippen LogP contribution in [0.1, 0.15) is 18.4 Å². The molecule has 1 unspecified atom stereocenters. The zero-order valence-corrected chi connectivity index (χ0v) is 22.2. The van der Waals surface area contributed by atoms with Crippen molar-refractivity contribution in [3.8, 4) is 28.5 Å². The van der Waals surface area contributed by atoms with Crippen LogP contribution in [0.15, 0.2) is 54.7 Å². The Morgan fingerprint density at radius 2 is 1.74 bits per heavy atom. The van der Waals surface area contributed by atoms with E-state index < -0.39 is 16.2 Å². The molecule has 4 rings (SSSR count). The molecule has 1 atom stereocenters. The molecule has 1 saturated heterocycles. The first kappa shape index (κ1) is 27.3. The maximum absolute atomic E-state index is 12.2. The Morgan fingerprint density at radius 1 is 1.08 bits per heavy atom. The van der Waals surface area contributed by atoms with Gasteiger partial charge in [0.1, 0.15) is 5.69 Å². The quantitative estimate of drug-likeness (QED) is 0.227. The third-order valence-corrected chi connectivity index (χ3v) is 7.40. The smallest absolute Gasteiger partial charge is 0.293 e. The van der Waals surface area contributed by atoms with Crippen molar-refractivity contribution < 1.29 is 27.9 Å². The monoisotopic (exact) mass is 542 g/mol. The number of nitro benzene ring substituents is 1. The summed E-state index contributed by atoms with van der Waals surface area (Å²) >= 11 is -2.39. The number of piperidine rings is 1. The fraction of sp³-hybridized carbons (Fsp3) is 0.346. The predicted octanol–water partition coefficient (Wildman–Crippen LogP) is 4.29. The minimum Gasteiger partial charge on any atom is -0.493 e. The van der Waals surface area contributed by atoms with Crippen molar-refractivity contribution in [3.63, 3.8) is 0 Å². The summed E-state index contributed by atoms with van der Waals surface area (Å²) in [6, 6.07) is 13.4. The lowest BCUT2D eigenvalue weighted by Gasteiger charge is -2.37. The molecular weight excluding hydrogens is 512 g/mol. The normalized spacial score (nSPS) is 15.1. The van der Waals surface area contributed by atoms with Crippen LogP contribution in [-0.2, 0) is 17.8 Å². The molecule has 0 aliphatic carbocycles. The summed E-state index contributed by atoms with van der Waals surface area (Å²) in [5.74, 6) is 1.60. The van der Waals surface area contributed by atoms with Crippen molar-refractivity contribution in [1.29, 1.82) is 0 Å². The number of ether oxygens (including phenoxy) is 3. The molecule has 1 N–H and O–H groups in total. The number of nitrogens with zero attached hydrogens (tertiary/aromatic N) is 4. The van der Waals surface area contributed by atoms with E-state index in [4.69, 9.17) is 14.2 Å². The van der Waals surface area contributed by atoms with Gasteiger partial charge in [-0.3, -0.25) is 28.9 Å². The highest BCUT2D eigenvalue weighted by atomic mass is 32.2. The molecule has 12 heteroatoms. The van der Waals surface area contributed by atoms with Gasteiger partial charge in [-0.1, -0.05) is 12.1 Å². The largest absolute Gasteiger partial charge is 0.493 e. The zero-order valence-electron chi connectivity index (χ0n) is 21.4. The number of para-hydroxylation sites is 2. The predicted molar refractivity (Wildman–Crippen MR) is 144 cm³/mol. The Bertz CT molecular complexity index is 1290. The standard InChI is InChI=1S/C26H30N4O7S/c1-35-24-15-19(16-25(36-2)26(24)37-3)21-14-18(8-11-27-21)17-28-12-9-20(10-13-28)29(38(33)34)22-6-4-5-7-23(22)30(31)32/h4-8,11,14-16,20H,9-10,12-13,17H2,1-3H3,(H,33,34). The van der Waals surface area contributed by atoms with Crippen LogP contribution in [0.5, 0.6) is 17.2 Å². The number of benzene rings is 2. The fourth-order valence-corrected chi connectivity index (χ4v) is 5.53. The van der Waals surface area contributed by atoms with Crippen molar-refractivity contribution >= 4 is 22.6 Å². The summed E-state index contributed by atoms with van der Waals surface area (Å²) in [6.45, 7) is 2.00. The van der Waals surface area contributed by atoms with Crippen molar-refractivity contribution in [2.45, 2.75) is 25.4 Å². The van der Waals surface area contributed by atoms with E-state index in [9.17, 15) is 18.9 Å². The highest BCUT2D eigenvalue weighted by molar-refractivity contribution is 7.80. The van der Waals surface area contributed by atoms with Crippen molar-refractivity contribution in [2.75, 3.05) is 38.7 Å². The van der Waals surface area contributed by atoms with Gasteiger partial charge >= 0.3 is 0 Å². The summed E-state index contributed by atoms with van der Waals surface area (Å²) < 4.78 is 39.8. The Hall–Kier alpha value is -3.74. The van der Waals surface area contributed by atoms with Gasteiger partial charge in [0.15, 0.2) is 11.5 Å². The number of aromatic nitrogens is 1. The Labute approximate surface area is 223 Å². The molecule has 2 heterocycles. The lowest BCUT2D eigenvalue weighted by molar-refractivity contribution is -0.384. The van der Waals surface area contributed by atoms with E-state index in [1.54, 1.807) is 39.7 Å². The van der Waals surface area contributed by atoms with Crippen LogP contribution in [0.25, 0.3) is 11.3 Å². The van der Waals surface area contributed by atoms with E-state index in [-0.39, 0.29) is 17.4 Å². The van der Waals surface area contributed by atoms with Gasteiger partial charge in [-0.15, -0.1) is 0 Å². The maximum atomic E-state index is 12.2. The van der Waals surface area contributed by atoms with Gasteiger partial charge in [-0.25, -0.2) is 4.21 Å². The van der Waals surface area contributed by atoms with Crippen molar-refractivity contribution in [1.82, 2.24) is 9.88 Å². The molecule has 0 saturated carbocycles. The van der Waals surface area contributed by atoms with E-state index in [1.807, 2.05) is 24.3 Å². The Balaban J connectivity index is 1.48. The topological polar surface area (TPSA) is 128 Å². The number of hydrogen-bond donors (Lipinski definition) is 1. The molecule has 3 aromatic rings. The molecule has 1 aromatic heterocycles. The SMILES string of the molecule is COc1cc(-c2cc(CN3CCC(N(c4ccccc4[N+](=O)[O-])S(=O)O)CC3)ccn2)cc(OC)c1OC. The molecule has 11 nitrogen and oxygen atoms in total. The molecule has 0 bridgehead atoms. The van der Waals surface area contributed by atoms with Gasteiger partial charge in [0.25, 0.3) is 17.0 Å². The first-order chi connectivity index (χ1) is 18.4. The lowest BCUT2D eigenvalue weighted by atomic mass is 10.0. The zero-order chi connectivity index (χ0) is 27.2. The average Bonchev–Trinajstić information content (AvgIpc) is 2.93. The summed E-state index contributed by atoms with van der Waals surface area (Å²) in [4.78, 5) is 17.7. The fourth-order valence-electron chi connectivity index (χ4n) is 4.74. The average molecular weight is 543 g/mol. The Morgan fingerprint density at radius 3 is 2.32 bits per heavy atom. The molecule has 0 radical (unpaired) electrons. The van der Waals surface area contributed by atoms with E-state index in [0.29, 0.717) is 49.7 Å². The second-order valence-electron chi connectivity index (χ2n) is 8.77. The molecule has 1 aliphatic rings. The molecular formula is C26H30N4O7S. The van der Waals surface area contributed by atoms with Crippen LogP contribution in [-0.4, -0.2) is 64.0 Å². The van der Waals surface area contributed by atoms with Gasteiger partial charge < -0.3 is 14.2 Å². The highest BCUT2D eigenvalue weighted by Crippen LogP contribution is 2.41. The number of nitro groups is 1. The lowest BCUT2D eigenvalue weighted by Crippen LogP contribution is -2.45. The number of anilines is 1. The van der Waals surface area contributed by atoms with E-state index >= 15 is 0 Å². The molecule has 2 aromatic carbocycles. The summed E-state index contributed by atoms with van der Waals surface area (Å²) in [5.41, 5.74) is 2.61. The van der Waals surface area contributed by atoms with Crippen LogP contribution in [0.4, 0.5) is 11.4 Å². The van der Waals surface area contributed by atoms with E-state index in [1.165, 1.54) is 16.4 Å². The van der Waals surface area contributed by atoms with Crippen molar-refractivity contribution in [3.05, 3.63) is 70.4 Å². The van der Waals surface area contributed by atoms with Gasteiger partial charge in [-0.2, -0.15) is 0 Å². The summed E-state index contributed by atoms with van der Waals surface area (Å²) in [6.07, 6.45) is 2.93. The number of hydrogen-bond acceptors (Lipinski definition) is 8. The van der Waals surface area contributed by atoms with Gasteiger partial charge in [0.05, 0.1) is 31.9 Å². The van der Waals surface area contributed by atoms with Crippen LogP contribution in [0, 0.1) is 10.1 Å². The first-order valence-corrected chi connectivity index (χ1v) is 13.0. The third kappa shape index (κ3) is 5.87. The van der Waals surface area contributed by atoms with Gasteiger partial charge in [-0.05, 0) is 48.7 Å². The minimum absolute atomic E-state index is 0.154. The number of pyridine rings is 1. The number of methoxy groups -OCH3 is 3. The Kier molecular flexibility index (Phi) is 8.77. The van der Waals surface area contributed by atoms with Crippen LogP contribution in [0.3, 0.4) is 0 Å². The second kappa shape index (κ2) is 12.2. The third-order valence-electron chi connectivity index (χ3n) is 6.56. The minimum atomic E-state index is -2.39. The molecule has 0 amide bonds. The second-order valence-corrected chi connectivity index (χ2v) is 9.63. The highest BCUT2D eigenvalue weighted by Gasteiger charge is 2.32. The number of rotatable bonds is 10.